The van der Waals surface area contributed by atoms with E-state index in [0.717, 1.165) is 16.4 Å². The summed E-state index contributed by atoms with van der Waals surface area (Å²) in [5, 5.41) is 3.40. The molecular formula is C30H34Cl2FN3O6S. The molecule has 0 spiro atoms. The number of rotatable bonds is 13. The van der Waals surface area contributed by atoms with Crippen molar-refractivity contribution in [2.45, 2.75) is 50.7 Å². The van der Waals surface area contributed by atoms with Crippen molar-refractivity contribution in [1.29, 1.82) is 0 Å². The minimum absolute atomic E-state index is 0.0250. The number of nitrogens with one attached hydrogen (secondary N) is 1. The first kappa shape index (κ1) is 34.0. The number of carbonyl (C=O) groups is 2. The number of hydrogen-bond donors (Lipinski definition) is 1. The molecule has 0 heterocycles. The van der Waals surface area contributed by atoms with Gasteiger partial charge in [0.15, 0.2) is 11.5 Å². The number of benzene rings is 3. The van der Waals surface area contributed by atoms with Crippen LogP contribution in [0.15, 0.2) is 65.6 Å². The van der Waals surface area contributed by atoms with Crippen molar-refractivity contribution in [3.63, 3.8) is 0 Å². The maximum atomic E-state index is 14.1. The van der Waals surface area contributed by atoms with Gasteiger partial charge in [-0.2, -0.15) is 0 Å². The third kappa shape index (κ3) is 8.10. The molecule has 3 aromatic rings. The molecule has 0 unspecified atom stereocenters. The fraction of sp³-hybridized carbons (Fsp3) is 0.333. The van der Waals surface area contributed by atoms with Gasteiger partial charge in [0, 0.05) is 34.3 Å². The molecule has 0 bridgehead atoms. The summed E-state index contributed by atoms with van der Waals surface area (Å²) < 4.78 is 53.3. The molecule has 2 atom stereocenters. The topological polar surface area (TPSA) is 105 Å². The summed E-state index contributed by atoms with van der Waals surface area (Å²) in [4.78, 5) is 28.3. The molecule has 0 saturated carbocycles. The van der Waals surface area contributed by atoms with Gasteiger partial charge in [0.1, 0.15) is 18.4 Å². The van der Waals surface area contributed by atoms with Gasteiger partial charge >= 0.3 is 0 Å². The van der Waals surface area contributed by atoms with Crippen LogP contribution in [-0.2, 0) is 26.2 Å². The maximum Gasteiger partial charge on any atom is 0.264 e. The van der Waals surface area contributed by atoms with Crippen molar-refractivity contribution < 1.29 is 31.9 Å². The monoisotopic (exact) mass is 653 g/mol. The third-order valence-electron chi connectivity index (χ3n) is 6.89. The second kappa shape index (κ2) is 14.8. The number of halogens is 3. The van der Waals surface area contributed by atoms with Gasteiger partial charge in [0.05, 0.1) is 24.8 Å². The van der Waals surface area contributed by atoms with Crippen LogP contribution >= 0.6 is 23.2 Å². The summed E-state index contributed by atoms with van der Waals surface area (Å²) >= 11 is 12.8. The SMILES string of the molecule is CC[C@H](C)NC(=O)[C@@H](C)N(Cc1c(Cl)cccc1Cl)C(=O)CN(c1ccc(F)cc1)S(=O)(=O)c1ccc(OC)c(OC)c1. The molecule has 0 aliphatic rings. The third-order valence-corrected chi connectivity index (χ3v) is 9.37. The molecule has 43 heavy (non-hydrogen) atoms. The smallest absolute Gasteiger partial charge is 0.264 e. The van der Waals surface area contributed by atoms with Crippen molar-refractivity contribution in [2.24, 2.45) is 0 Å². The van der Waals surface area contributed by atoms with Crippen LogP contribution in [0.1, 0.15) is 32.8 Å². The number of carbonyl (C=O) groups excluding carboxylic acids is 2. The number of amides is 2. The Morgan fingerprint density at radius 2 is 1.56 bits per heavy atom. The zero-order valence-electron chi connectivity index (χ0n) is 24.4. The summed E-state index contributed by atoms with van der Waals surface area (Å²) in [6.45, 7) is 4.35. The average Bonchev–Trinajstić information content (AvgIpc) is 2.99. The van der Waals surface area contributed by atoms with Gasteiger partial charge in [0.2, 0.25) is 11.8 Å². The normalized spacial score (nSPS) is 12.7. The molecule has 0 aliphatic carbocycles. The second-order valence-corrected chi connectivity index (χ2v) is 12.4. The van der Waals surface area contributed by atoms with E-state index in [2.05, 4.69) is 5.32 Å². The van der Waals surface area contributed by atoms with Crippen molar-refractivity contribution in [3.8, 4) is 11.5 Å². The van der Waals surface area contributed by atoms with Crippen molar-refractivity contribution in [3.05, 3.63) is 82.1 Å². The molecule has 0 saturated heterocycles. The number of anilines is 1. The largest absolute Gasteiger partial charge is 0.493 e. The predicted octanol–water partition coefficient (Wildman–Crippen LogP) is 5.68. The Hall–Kier alpha value is -3.54. The molecule has 0 aliphatic heterocycles. The molecule has 1 N–H and O–H groups in total. The Morgan fingerprint density at radius 3 is 2.12 bits per heavy atom. The maximum absolute atomic E-state index is 14.1. The summed E-state index contributed by atoms with van der Waals surface area (Å²) in [6.07, 6.45) is 0.657. The second-order valence-electron chi connectivity index (χ2n) is 9.72. The lowest BCUT2D eigenvalue weighted by Crippen LogP contribution is -2.52. The van der Waals surface area contributed by atoms with Crippen LogP contribution in [0.5, 0.6) is 11.5 Å². The van der Waals surface area contributed by atoms with Crippen molar-refractivity contribution in [1.82, 2.24) is 10.2 Å². The van der Waals surface area contributed by atoms with Gasteiger partial charge in [0.25, 0.3) is 10.0 Å². The van der Waals surface area contributed by atoms with Gasteiger partial charge in [-0.05, 0) is 68.8 Å². The molecule has 0 radical (unpaired) electrons. The number of methoxy groups -OCH3 is 2. The Balaban J connectivity index is 2.10. The Labute approximate surface area is 261 Å². The highest BCUT2D eigenvalue weighted by Gasteiger charge is 2.34. The molecule has 0 fully saturated rings. The van der Waals surface area contributed by atoms with Gasteiger partial charge in [-0.1, -0.05) is 36.2 Å². The molecule has 0 aromatic heterocycles. The van der Waals surface area contributed by atoms with Crippen molar-refractivity contribution >= 4 is 50.7 Å². The van der Waals surface area contributed by atoms with Crippen LogP contribution in [0.4, 0.5) is 10.1 Å². The number of hydrogen-bond acceptors (Lipinski definition) is 6. The first-order chi connectivity index (χ1) is 20.3. The van der Waals surface area contributed by atoms with E-state index < -0.39 is 40.2 Å². The summed E-state index contributed by atoms with van der Waals surface area (Å²) in [5.41, 5.74) is 0.412. The van der Waals surface area contributed by atoms with E-state index in [9.17, 15) is 22.4 Å². The highest BCUT2D eigenvalue weighted by atomic mass is 35.5. The fourth-order valence-corrected chi connectivity index (χ4v) is 6.09. The molecule has 9 nitrogen and oxygen atoms in total. The number of ether oxygens (including phenoxy) is 2. The van der Waals surface area contributed by atoms with Gasteiger partial charge in [-0.25, -0.2) is 12.8 Å². The average molecular weight is 655 g/mol. The molecule has 232 valence electrons. The van der Waals surface area contributed by atoms with Gasteiger partial charge < -0.3 is 19.7 Å². The molecule has 2 amide bonds. The fourth-order valence-electron chi connectivity index (χ4n) is 4.14. The number of nitrogens with zero attached hydrogens (tertiary/aromatic N) is 2. The molecule has 3 rings (SSSR count). The highest BCUT2D eigenvalue weighted by Crippen LogP contribution is 2.33. The minimum Gasteiger partial charge on any atom is -0.493 e. The van der Waals surface area contributed by atoms with Crippen LogP contribution in [0.3, 0.4) is 0 Å². The van der Waals surface area contributed by atoms with Crippen LogP contribution in [0.2, 0.25) is 10.0 Å². The first-order valence-electron chi connectivity index (χ1n) is 13.4. The van der Waals surface area contributed by atoms with E-state index >= 15 is 0 Å². The summed E-state index contributed by atoms with van der Waals surface area (Å²) in [7, 11) is -1.67. The number of sulfonamides is 1. The highest BCUT2D eigenvalue weighted by molar-refractivity contribution is 7.92. The Morgan fingerprint density at radius 1 is 0.953 bits per heavy atom. The summed E-state index contributed by atoms with van der Waals surface area (Å²) in [5.74, 6) is -1.31. The zero-order chi connectivity index (χ0) is 31.9. The van der Waals surface area contributed by atoms with E-state index in [-0.39, 0.29) is 39.0 Å². The Bertz CT molecular complexity index is 1540. The van der Waals surface area contributed by atoms with E-state index in [1.165, 1.54) is 56.4 Å². The van der Waals surface area contributed by atoms with E-state index in [1.807, 2.05) is 13.8 Å². The lowest BCUT2D eigenvalue weighted by atomic mass is 10.1. The molecule has 13 heteroatoms. The Kier molecular flexibility index (Phi) is 11.7. The van der Waals surface area contributed by atoms with E-state index in [1.54, 1.807) is 18.2 Å². The van der Waals surface area contributed by atoms with Crippen LogP contribution in [-0.4, -0.2) is 58.0 Å². The molecule has 3 aromatic carbocycles. The zero-order valence-corrected chi connectivity index (χ0v) is 26.8. The lowest BCUT2D eigenvalue weighted by Gasteiger charge is -2.33. The van der Waals surface area contributed by atoms with Crippen LogP contribution < -0.4 is 19.1 Å². The summed E-state index contributed by atoms with van der Waals surface area (Å²) in [6, 6.07) is 12.3. The predicted molar refractivity (Wildman–Crippen MR) is 165 cm³/mol. The molecular weight excluding hydrogens is 620 g/mol. The van der Waals surface area contributed by atoms with Crippen molar-refractivity contribution in [2.75, 3.05) is 25.1 Å². The first-order valence-corrected chi connectivity index (χ1v) is 15.6. The van der Waals surface area contributed by atoms with E-state index in [4.69, 9.17) is 32.7 Å². The standard InChI is InChI=1S/C30H34Cl2FN3O6S/c1-6-19(2)34-30(38)20(3)35(17-24-25(31)8-7-9-26(24)32)29(37)18-36(22-12-10-21(33)11-13-22)43(39,40)23-14-15-27(41-4)28(16-23)42-5/h7-16,19-20H,6,17-18H2,1-5H3,(H,34,38)/t19-,20+/m0/s1. The van der Waals surface area contributed by atoms with Crippen LogP contribution in [0.25, 0.3) is 0 Å². The lowest BCUT2D eigenvalue weighted by molar-refractivity contribution is -0.139. The van der Waals surface area contributed by atoms with Gasteiger partial charge in [-0.3, -0.25) is 13.9 Å². The van der Waals surface area contributed by atoms with E-state index in [0.29, 0.717) is 17.7 Å². The van der Waals surface area contributed by atoms with Crippen LogP contribution in [0, 0.1) is 5.82 Å². The minimum atomic E-state index is -4.44. The quantitative estimate of drug-likeness (QED) is 0.255. The van der Waals surface area contributed by atoms with Gasteiger partial charge in [-0.15, -0.1) is 0 Å².